The molecule has 1 N–H and O–H groups in total. The van der Waals surface area contributed by atoms with Crippen LogP contribution in [-0.2, 0) is 0 Å². The normalized spacial score (nSPS) is 11.4. The van der Waals surface area contributed by atoms with Crippen LogP contribution in [0.4, 0.5) is 11.4 Å². The molecule has 0 atom stereocenters. The van der Waals surface area contributed by atoms with Crippen molar-refractivity contribution in [3.8, 4) is 5.95 Å². The highest BCUT2D eigenvalue weighted by Crippen LogP contribution is 2.25. The molecular formula is C18H12ClN3O4. The number of aliphatic imine (C=N–C) groups is 1. The van der Waals surface area contributed by atoms with Gasteiger partial charge in [-0.05, 0) is 23.8 Å². The number of halogens is 1. The molecule has 0 saturated carbocycles. The van der Waals surface area contributed by atoms with Crippen molar-refractivity contribution in [1.29, 1.82) is 0 Å². The molecule has 26 heavy (non-hydrogen) atoms. The van der Waals surface area contributed by atoms with Gasteiger partial charge in [-0.2, -0.15) is 0 Å². The van der Waals surface area contributed by atoms with Crippen LogP contribution in [0.2, 0.25) is 5.02 Å². The Labute approximate surface area is 153 Å². The Morgan fingerprint density at radius 2 is 2.00 bits per heavy atom. The van der Waals surface area contributed by atoms with Crippen molar-refractivity contribution in [2.45, 2.75) is 0 Å². The zero-order chi connectivity index (χ0) is 18.5. The van der Waals surface area contributed by atoms with Crippen molar-refractivity contribution in [2.75, 3.05) is 0 Å². The first-order valence-electron chi connectivity index (χ1n) is 7.44. The Morgan fingerprint density at radius 1 is 1.19 bits per heavy atom. The maximum Gasteiger partial charge on any atom is 0.312 e. The van der Waals surface area contributed by atoms with Gasteiger partial charge in [0.2, 0.25) is 5.89 Å². The Morgan fingerprint density at radius 3 is 2.77 bits per heavy atom. The van der Waals surface area contributed by atoms with Gasteiger partial charge in [-0.25, -0.2) is 4.98 Å². The number of rotatable bonds is 5. The molecule has 0 aliphatic heterocycles. The first-order valence-corrected chi connectivity index (χ1v) is 7.81. The Bertz CT molecular complexity index is 1010. The summed E-state index contributed by atoms with van der Waals surface area (Å²) < 4.78 is 5.13. The van der Waals surface area contributed by atoms with Crippen LogP contribution in [0.1, 0.15) is 17.1 Å². The molecule has 130 valence electrons. The molecule has 0 fully saturated rings. The van der Waals surface area contributed by atoms with Crippen molar-refractivity contribution >= 4 is 41.3 Å². The standard InChI is InChI=1S/C18H12ClN3O4/c19-14-6-1-2-7-15(14)20-11-16-18(23)26-17(21-16)9-8-12-4-3-5-13(10-12)22(24)25/h1-11,23H/b9-8+,20-11?. The van der Waals surface area contributed by atoms with Crippen LogP contribution in [0.25, 0.3) is 12.2 Å². The second-order valence-electron chi connectivity index (χ2n) is 5.14. The lowest BCUT2D eigenvalue weighted by molar-refractivity contribution is -0.384. The Hall–Kier alpha value is -3.45. The van der Waals surface area contributed by atoms with E-state index in [9.17, 15) is 15.2 Å². The summed E-state index contributed by atoms with van der Waals surface area (Å²) in [5.74, 6) is -0.255. The lowest BCUT2D eigenvalue weighted by Gasteiger charge is -1.94. The smallest absolute Gasteiger partial charge is 0.312 e. The minimum absolute atomic E-state index is 0.0186. The number of para-hydroxylation sites is 1. The van der Waals surface area contributed by atoms with Gasteiger partial charge >= 0.3 is 5.95 Å². The number of aromatic hydroxyl groups is 1. The van der Waals surface area contributed by atoms with Crippen molar-refractivity contribution in [2.24, 2.45) is 4.99 Å². The average Bonchev–Trinajstić information content (AvgIpc) is 2.99. The zero-order valence-electron chi connectivity index (χ0n) is 13.2. The fraction of sp³-hybridized carbons (Fsp3) is 0. The van der Waals surface area contributed by atoms with Gasteiger partial charge in [-0.1, -0.05) is 35.9 Å². The van der Waals surface area contributed by atoms with Gasteiger partial charge in [0.15, 0.2) is 5.69 Å². The van der Waals surface area contributed by atoms with Crippen LogP contribution in [0, 0.1) is 10.1 Å². The van der Waals surface area contributed by atoms with Gasteiger partial charge in [0.05, 0.1) is 21.8 Å². The summed E-state index contributed by atoms with van der Waals surface area (Å²) in [6.45, 7) is 0. The van der Waals surface area contributed by atoms with Gasteiger partial charge < -0.3 is 9.52 Å². The fourth-order valence-corrected chi connectivity index (χ4v) is 2.28. The maximum absolute atomic E-state index is 10.8. The van der Waals surface area contributed by atoms with E-state index in [0.29, 0.717) is 16.3 Å². The van der Waals surface area contributed by atoms with Crippen LogP contribution < -0.4 is 0 Å². The molecule has 0 radical (unpaired) electrons. The lowest BCUT2D eigenvalue weighted by atomic mass is 10.2. The van der Waals surface area contributed by atoms with Crippen molar-refractivity contribution in [3.05, 3.63) is 80.8 Å². The third-order valence-corrected chi connectivity index (χ3v) is 3.65. The van der Waals surface area contributed by atoms with E-state index in [0.717, 1.165) is 0 Å². The summed E-state index contributed by atoms with van der Waals surface area (Å²) in [5.41, 5.74) is 1.26. The maximum atomic E-state index is 10.8. The number of hydrogen-bond acceptors (Lipinski definition) is 6. The van der Waals surface area contributed by atoms with E-state index in [1.54, 1.807) is 42.5 Å². The predicted molar refractivity (Wildman–Crippen MR) is 98.9 cm³/mol. The molecule has 8 heteroatoms. The van der Waals surface area contributed by atoms with E-state index >= 15 is 0 Å². The monoisotopic (exact) mass is 369 g/mol. The number of oxazole rings is 1. The third-order valence-electron chi connectivity index (χ3n) is 3.33. The van der Waals surface area contributed by atoms with E-state index < -0.39 is 4.92 Å². The second kappa shape index (κ2) is 7.62. The van der Waals surface area contributed by atoms with E-state index in [1.165, 1.54) is 24.4 Å². The van der Waals surface area contributed by atoms with Gasteiger partial charge in [0.25, 0.3) is 5.69 Å². The molecule has 0 amide bonds. The number of nitro benzene ring substituents is 1. The average molecular weight is 370 g/mol. The molecule has 0 saturated heterocycles. The van der Waals surface area contributed by atoms with E-state index in [-0.39, 0.29) is 23.2 Å². The van der Waals surface area contributed by atoms with Crippen LogP contribution in [-0.4, -0.2) is 21.2 Å². The Kier molecular flexibility index (Phi) is 5.09. The largest absolute Gasteiger partial charge is 0.479 e. The van der Waals surface area contributed by atoms with E-state index in [4.69, 9.17) is 16.0 Å². The van der Waals surface area contributed by atoms with Gasteiger partial charge in [-0.3, -0.25) is 15.1 Å². The first-order chi connectivity index (χ1) is 12.5. The van der Waals surface area contributed by atoms with Crippen molar-refractivity contribution < 1.29 is 14.4 Å². The Balaban J connectivity index is 1.79. The van der Waals surface area contributed by atoms with E-state index in [2.05, 4.69) is 9.98 Å². The highest BCUT2D eigenvalue weighted by Gasteiger charge is 2.09. The molecular weight excluding hydrogens is 358 g/mol. The van der Waals surface area contributed by atoms with Gasteiger partial charge in [0.1, 0.15) is 0 Å². The second-order valence-corrected chi connectivity index (χ2v) is 5.54. The molecule has 0 bridgehead atoms. The third kappa shape index (κ3) is 4.14. The van der Waals surface area contributed by atoms with Crippen molar-refractivity contribution in [1.82, 2.24) is 4.98 Å². The number of hydrogen-bond donors (Lipinski definition) is 1. The quantitative estimate of drug-likeness (QED) is 0.393. The molecule has 1 aromatic heterocycles. The van der Waals surface area contributed by atoms with Crippen molar-refractivity contribution in [3.63, 3.8) is 0 Å². The van der Waals surface area contributed by atoms with Crippen LogP contribution in [0.3, 0.4) is 0 Å². The van der Waals surface area contributed by atoms with Gasteiger partial charge in [-0.15, -0.1) is 0 Å². The summed E-state index contributed by atoms with van der Waals surface area (Å²) in [7, 11) is 0. The molecule has 0 aliphatic carbocycles. The summed E-state index contributed by atoms with van der Waals surface area (Å²) in [5, 5.41) is 21.1. The highest BCUT2D eigenvalue weighted by atomic mass is 35.5. The molecule has 0 spiro atoms. The molecule has 7 nitrogen and oxygen atoms in total. The summed E-state index contributed by atoms with van der Waals surface area (Å²) in [6, 6.07) is 13.1. The van der Waals surface area contributed by atoms with Crippen LogP contribution >= 0.6 is 11.6 Å². The lowest BCUT2D eigenvalue weighted by Crippen LogP contribution is -1.87. The SMILES string of the molecule is O=[N+]([O-])c1cccc(/C=C/c2nc(C=Nc3ccccc3Cl)c(O)o2)c1. The minimum Gasteiger partial charge on any atom is -0.479 e. The van der Waals surface area contributed by atoms with E-state index in [1.807, 2.05) is 0 Å². The zero-order valence-corrected chi connectivity index (χ0v) is 14.0. The van der Waals surface area contributed by atoms with Gasteiger partial charge in [0, 0.05) is 18.2 Å². The van der Waals surface area contributed by atoms with Crippen LogP contribution in [0.5, 0.6) is 5.95 Å². The van der Waals surface area contributed by atoms with Crippen LogP contribution in [0.15, 0.2) is 57.9 Å². The molecule has 0 unspecified atom stereocenters. The molecule has 1 heterocycles. The molecule has 2 aromatic carbocycles. The molecule has 3 aromatic rings. The highest BCUT2D eigenvalue weighted by molar-refractivity contribution is 6.33. The fourth-order valence-electron chi connectivity index (χ4n) is 2.09. The molecule has 0 aliphatic rings. The number of benzene rings is 2. The number of aromatic nitrogens is 1. The summed E-state index contributed by atoms with van der Waals surface area (Å²) in [6.07, 6.45) is 4.42. The number of non-ortho nitro benzene ring substituents is 1. The number of nitrogens with zero attached hydrogens (tertiary/aromatic N) is 3. The summed E-state index contributed by atoms with van der Waals surface area (Å²) in [4.78, 5) is 18.6. The summed E-state index contributed by atoms with van der Waals surface area (Å²) >= 11 is 6.01. The first kappa shape index (κ1) is 17.4. The topological polar surface area (TPSA) is 102 Å². The predicted octanol–water partition coefficient (Wildman–Crippen LogP) is 4.86. The minimum atomic E-state index is -0.475. The number of nitro groups is 1. The molecule has 3 rings (SSSR count).